The van der Waals surface area contributed by atoms with Gasteiger partial charge in [0.2, 0.25) is 5.91 Å². The predicted octanol–water partition coefficient (Wildman–Crippen LogP) is 2.76. The first kappa shape index (κ1) is 19.7. The number of carbonyl (C=O) groups excluding carboxylic acids is 2. The number of thiophene rings is 1. The molecule has 7 nitrogen and oxygen atoms in total. The molecular weight excluding hydrogens is 356 g/mol. The molecule has 8 heteroatoms. The van der Waals surface area contributed by atoms with Crippen molar-refractivity contribution in [1.82, 2.24) is 10.2 Å². The lowest BCUT2D eigenvalue weighted by Crippen LogP contribution is -2.49. The molecule has 0 aromatic carbocycles. The van der Waals surface area contributed by atoms with Gasteiger partial charge in [-0.3, -0.25) is 9.59 Å². The van der Waals surface area contributed by atoms with Crippen LogP contribution in [0.3, 0.4) is 0 Å². The maximum Gasteiger partial charge on any atom is 0.339 e. The van der Waals surface area contributed by atoms with Gasteiger partial charge in [0, 0.05) is 7.05 Å². The van der Waals surface area contributed by atoms with Crippen molar-refractivity contribution < 1.29 is 23.9 Å². The Kier molecular flexibility index (Phi) is 6.20. The Hall–Kier alpha value is -2.61. The molecule has 0 radical (unpaired) electrons. The van der Waals surface area contributed by atoms with E-state index in [1.165, 1.54) is 22.3 Å². The van der Waals surface area contributed by atoms with Crippen molar-refractivity contribution in [3.8, 4) is 0 Å². The van der Waals surface area contributed by atoms with Gasteiger partial charge in [-0.25, -0.2) is 4.79 Å². The van der Waals surface area contributed by atoms with Gasteiger partial charge < -0.3 is 19.7 Å². The minimum Gasteiger partial charge on any atom is -0.478 e. The van der Waals surface area contributed by atoms with Crippen LogP contribution in [0, 0.1) is 12.8 Å². The number of likely N-dealkylation sites (N-methyl/N-ethyl adjacent to an activating group) is 1. The van der Waals surface area contributed by atoms with Gasteiger partial charge in [-0.05, 0) is 30.4 Å². The van der Waals surface area contributed by atoms with Crippen LogP contribution in [-0.4, -0.2) is 40.9 Å². The van der Waals surface area contributed by atoms with E-state index < -0.39 is 12.0 Å². The number of hydrogen-bond acceptors (Lipinski definition) is 5. The molecule has 0 aliphatic carbocycles. The van der Waals surface area contributed by atoms with Crippen molar-refractivity contribution in [3.05, 3.63) is 45.5 Å². The van der Waals surface area contributed by atoms with Crippen molar-refractivity contribution in [2.75, 3.05) is 7.05 Å². The fourth-order valence-electron chi connectivity index (χ4n) is 2.52. The van der Waals surface area contributed by atoms with E-state index in [4.69, 9.17) is 9.52 Å². The maximum absolute atomic E-state index is 12.8. The van der Waals surface area contributed by atoms with Gasteiger partial charge >= 0.3 is 5.97 Å². The fraction of sp³-hybridized carbons (Fsp3) is 0.389. The highest BCUT2D eigenvalue weighted by Crippen LogP contribution is 2.17. The molecule has 0 spiro atoms. The molecule has 2 aromatic heterocycles. The van der Waals surface area contributed by atoms with Crippen LogP contribution < -0.4 is 5.32 Å². The fourth-order valence-corrected chi connectivity index (χ4v) is 3.14. The maximum atomic E-state index is 12.8. The van der Waals surface area contributed by atoms with E-state index in [2.05, 4.69) is 5.32 Å². The van der Waals surface area contributed by atoms with Gasteiger partial charge in [0.15, 0.2) is 0 Å². The van der Waals surface area contributed by atoms with E-state index in [1.54, 1.807) is 31.5 Å². The molecule has 2 amide bonds. The Balaban J connectivity index is 2.09. The molecule has 2 aromatic rings. The largest absolute Gasteiger partial charge is 0.478 e. The molecule has 2 rings (SSSR count). The number of hydrogen-bond donors (Lipinski definition) is 2. The van der Waals surface area contributed by atoms with Crippen LogP contribution in [0.2, 0.25) is 0 Å². The summed E-state index contributed by atoms with van der Waals surface area (Å²) in [6.45, 7) is 5.38. The van der Waals surface area contributed by atoms with Gasteiger partial charge in [-0.2, -0.15) is 0 Å². The summed E-state index contributed by atoms with van der Waals surface area (Å²) >= 11 is 1.31. The lowest BCUT2D eigenvalue weighted by molar-refractivity contribution is -0.133. The normalized spacial score (nSPS) is 12.0. The van der Waals surface area contributed by atoms with E-state index in [0.29, 0.717) is 16.4 Å². The van der Waals surface area contributed by atoms with Crippen molar-refractivity contribution in [3.63, 3.8) is 0 Å². The van der Waals surface area contributed by atoms with Crippen LogP contribution in [0.1, 0.15) is 45.4 Å². The Morgan fingerprint density at radius 3 is 2.54 bits per heavy atom. The summed E-state index contributed by atoms with van der Waals surface area (Å²) in [5.74, 6) is -1.07. The second kappa shape index (κ2) is 8.18. The van der Waals surface area contributed by atoms with Gasteiger partial charge in [-0.15, -0.1) is 11.3 Å². The molecule has 26 heavy (non-hydrogen) atoms. The highest BCUT2D eigenvalue weighted by atomic mass is 32.1. The van der Waals surface area contributed by atoms with Crippen molar-refractivity contribution >= 4 is 29.1 Å². The standard InChI is InChI=1S/C18H22N2O5S/c1-10(2)15(19-16(21)14-6-5-7-26-14)17(22)20(4)9-12-8-13(18(23)24)11(3)25-12/h5-8,10,15H,9H2,1-4H3,(H,19,21)(H,23,24). The van der Waals surface area contributed by atoms with Crippen molar-refractivity contribution in [2.45, 2.75) is 33.4 Å². The molecular formula is C18H22N2O5S. The van der Waals surface area contributed by atoms with Gasteiger partial charge in [0.25, 0.3) is 5.91 Å². The number of nitrogens with zero attached hydrogens (tertiary/aromatic N) is 1. The van der Waals surface area contributed by atoms with Crippen molar-refractivity contribution in [1.29, 1.82) is 0 Å². The number of aromatic carboxylic acids is 1. The Bertz CT molecular complexity index is 795. The van der Waals surface area contributed by atoms with Crippen LogP contribution in [0.5, 0.6) is 0 Å². The minimum absolute atomic E-state index is 0.0762. The molecule has 0 saturated heterocycles. The topological polar surface area (TPSA) is 99.9 Å². The molecule has 2 N–H and O–H groups in total. The van der Waals surface area contributed by atoms with Gasteiger partial charge in [0.1, 0.15) is 23.1 Å². The second-order valence-corrected chi connectivity index (χ2v) is 7.30. The molecule has 140 valence electrons. The lowest BCUT2D eigenvalue weighted by Gasteiger charge is -2.26. The molecule has 2 heterocycles. The highest BCUT2D eigenvalue weighted by Gasteiger charge is 2.28. The number of carboxylic acids is 1. The van der Waals surface area contributed by atoms with E-state index in [0.717, 1.165) is 0 Å². The van der Waals surface area contributed by atoms with E-state index in [-0.39, 0.29) is 29.8 Å². The Morgan fingerprint density at radius 1 is 1.35 bits per heavy atom. The highest BCUT2D eigenvalue weighted by molar-refractivity contribution is 7.12. The molecule has 1 atom stereocenters. The minimum atomic E-state index is -1.07. The average molecular weight is 378 g/mol. The van der Waals surface area contributed by atoms with E-state index in [1.807, 2.05) is 13.8 Å². The summed E-state index contributed by atoms with van der Waals surface area (Å²) < 4.78 is 5.42. The number of nitrogens with one attached hydrogen (secondary N) is 1. The van der Waals surface area contributed by atoms with Crippen LogP contribution in [0.4, 0.5) is 0 Å². The average Bonchev–Trinajstić information content (AvgIpc) is 3.21. The number of aryl methyl sites for hydroxylation is 1. The quantitative estimate of drug-likeness (QED) is 0.772. The Labute approximate surface area is 155 Å². The third kappa shape index (κ3) is 4.51. The predicted molar refractivity (Wildman–Crippen MR) is 97.3 cm³/mol. The molecule has 0 saturated carbocycles. The van der Waals surface area contributed by atoms with Crippen LogP contribution >= 0.6 is 11.3 Å². The third-order valence-electron chi connectivity index (χ3n) is 3.93. The zero-order valence-corrected chi connectivity index (χ0v) is 15.9. The molecule has 0 aliphatic rings. The van der Waals surface area contributed by atoms with Crippen LogP contribution in [-0.2, 0) is 11.3 Å². The summed E-state index contributed by atoms with van der Waals surface area (Å²) in [5, 5.41) is 13.7. The second-order valence-electron chi connectivity index (χ2n) is 6.35. The lowest BCUT2D eigenvalue weighted by atomic mass is 10.0. The number of rotatable bonds is 7. The summed E-state index contributed by atoms with van der Waals surface area (Å²) in [6.07, 6.45) is 0. The summed E-state index contributed by atoms with van der Waals surface area (Å²) in [4.78, 5) is 38.1. The first-order valence-corrected chi connectivity index (χ1v) is 9.00. The number of furan rings is 1. The van der Waals surface area contributed by atoms with Gasteiger partial charge in [0.05, 0.1) is 11.4 Å². The van der Waals surface area contributed by atoms with E-state index in [9.17, 15) is 14.4 Å². The summed E-state index contributed by atoms with van der Waals surface area (Å²) in [6, 6.07) is 4.20. The molecule has 1 unspecified atom stereocenters. The first-order valence-electron chi connectivity index (χ1n) is 8.12. The Morgan fingerprint density at radius 2 is 2.04 bits per heavy atom. The zero-order chi connectivity index (χ0) is 19.4. The smallest absolute Gasteiger partial charge is 0.339 e. The number of amides is 2. The summed E-state index contributed by atoms with van der Waals surface area (Å²) in [5.41, 5.74) is 0.0762. The first-order chi connectivity index (χ1) is 12.2. The third-order valence-corrected chi connectivity index (χ3v) is 4.80. The van der Waals surface area contributed by atoms with Crippen LogP contribution in [0.15, 0.2) is 28.0 Å². The van der Waals surface area contributed by atoms with Crippen LogP contribution in [0.25, 0.3) is 0 Å². The number of carbonyl (C=O) groups is 3. The molecule has 0 aliphatic heterocycles. The van der Waals surface area contributed by atoms with E-state index >= 15 is 0 Å². The van der Waals surface area contributed by atoms with Gasteiger partial charge in [-0.1, -0.05) is 19.9 Å². The SMILES string of the molecule is Cc1oc(CN(C)C(=O)C(NC(=O)c2cccs2)C(C)C)cc1C(=O)O. The zero-order valence-electron chi connectivity index (χ0n) is 15.1. The molecule has 0 fully saturated rings. The molecule has 0 bridgehead atoms. The monoisotopic (exact) mass is 378 g/mol. The van der Waals surface area contributed by atoms with Crippen molar-refractivity contribution in [2.24, 2.45) is 5.92 Å². The number of carboxylic acid groups (broad SMARTS) is 1. The summed E-state index contributed by atoms with van der Waals surface area (Å²) in [7, 11) is 1.59.